The van der Waals surface area contributed by atoms with Gasteiger partial charge in [0.25, 0.3) is 5.91 Å². The molecule has 0 fully saturated rings. The van der Waals surface area contributed by atoms with E-state index in [-0.39, 0.29) is 27.9 Å². The standard InChI is InChI=1S/C29H32N4O5S2/c1-17-8-9-19(13-22(17)18-10-11-23-20(12-18)16-30-28(32-23)39(6)35)27(34)31-24-14-21(29(2,3)4)15-25(26(24)38-5)33-40(7,36)37/h8-16,33H,1-7H3,(H,31,34). The van der Waals surface area contributed by atoms with Crippen LogP contribution in [0, 0.1) is 6.92 Å². The first-order chi connectivity index (χ1) is 18.7. The Hall–Kier alpha value is -3.67. The SMILES string of the molecule is COc1c(NC(=O)c2ccc(C)c(-c3ccc4nc([S+](C)[O-])ncc4c3)c2)cc(C(C)(C)C)cc1NS(C)(=O)=O. The van der Waals surface area contributed by atoms with E-state index in [9.17, 15) is 17.8 Å². The van der Waals surface area contributed by atoms with Crippen LogP contribution >= 0.6 is 0 Å². The van der Waals surface area contributed by atoms with E-state index in [2.05, 4.69) is 20.0 Å². The topological polar surface area (TPSA) is 133 Å². The van der Waals surface area contributed by atoms with Crippen molar-refractivity contribution in [1.82, 2.24) is 9.97 Å². The molecule has 1 aromatic heterocycles. The Bertz CT molecular complexity index is 1710. The molecule has 4 rings (SSSR count). The fraction of sp³-hybridized carbons (Fsp3) is 0.276. The van der Waals surface area contributed by atoms with Crippen LogP contribution in [-0.2, 0) is 26.6 Å². The number of anilines is 2. The van der Waals surface area contributed by atoms with Crippen LogP contribution in [0.2, 0.25) is 0 Å². The van der Waals surface area contributed by atoms with Gasteiger partial charge < -0.3 is 14.6 Å². The maximum absolute atomic E-state index is 13.5. The van der Waals surface area contributed by atoms with E-state index in [1.165, 1.54) is 13.4 Å². The van der Waals surface area contributed by atoms with Crippen LogP contribution in [-0.4, -0.2) is 48.5 Å². The molecule has 0 aliphatic heterocycles. The average molecular weight is 581 g/mol. The van der Waals surface area contributed by atoms with Gasteiger partial charge in [0, 0.05) is 28.3 Å². The minimum absolute atomic E-state index is 0.209. The van der Waals surface area contributed by atoms with Gasteiger partial charge in [0.05, 0.1) is 30.3 Å². The molecule has 0 bridgehead atoms. The van der Waals surface area contributed by atoms with Gasteiger partial charge in [0.2, 0.25) is 10.0 Å². The summed E-state index contributed by atoms with van der Waals surface area (Å²) in [5, 5.41) is 3.97. The van der Waals surface area contributed by atoms with Crippen molar-refractivity contribution in [2.24, 2.45) is 0 Å². The number of nitrogens with zero attached hydrogens (tertiary/aromatic N) is 2. The molecular formula is C29H32N4O5S2. The number of hydrogen-bond acceptors (Lipinski definition) is 7. The molecule has 1 heterocycles. The number of fused-ring (bicyclic) bond motifs is 1. The smallest absolute Gasteiger partial charge is 0.342 e. The van der Waals surface area contributed by atoms with Crippen LogP contribution in [0.5, 0.6) is 5.75 Å². The van der Waals surface area contributed by atoms with Gasteiger partial charge in [-0.2, -0.15) is 9.97 Å². The molecule has 40 heavy (non-hydrogen) atoms. The van der Waals surface area contributed by atoms with Crippen LogP contribution in [0.3, 0.4) is 0 Å². The number of rotatable bonds is 7. The highest BCUT2D eigenvalue weighted by molar-refractivity contribution is 7.92. The Balaban J connectivity index is 1.73. The van der Waals surface area contributed by atoms with Crippen LogP contribution in [0.4, 0.5) is 11.4 Å². The van der Waals surface area contributed by atoms with E-state index in [0.29, 0.717) is 16.8 Å². The zero-order valence-electron chi connectivity index (χ0n) is 23.4. The predicted molar refractivity (Wildman–Crippen MR) is 160 cm³/mol. The number of ether oxygens (including phenoxy) is 1. The highest BCUT2D eigenvalue weighted by atomic mass is 32.2. The van der Waals surface area contributed by atoms with E-state index in [1.54, 1.807) is 30.5 Å². The summed E-state index contributed by atoms with van der Waals surface area (Å²) in [5.41, 5.74) is 4.86. The molecule has 2 N–H and O–H groups in total. The molecule has 0 aliphatic rings. The van der Waals surface area contributed by atoms with Crippen LogP contribution in [0.25, 0.3) is 22.0 Å². The summed E-state index contributed by atoms with van der Waals surface area (Å²) in [6.07, 6.45) is 4.24. The van der Waals surface area contributed by atoms with Gasteiger partial charge in [-0.25, -0.2) is 8.42 Å². The minimum atomic E-state index is -3.60. The maximum Gasteiger partial charge on any atom is 0.342 e. The number of benzene rings is 3. The van der Waals surface area contributed by atoms with Gasteiger partial charge in [-0.15, -0.1) is 0 Å². The molecule has 4 aromatic rings. The van der Waals surface area contributed by atoms with Gasteiger partial charge in [-0.1, -0.05) is 32.9 Å². The molecule has 1 unspecified atom stereocenters. The van der Waals surface area contributed by atoms with Crippen molar-refractivity contribution in [2.75, 3.05) is 29.7 Å². The van der Waals surface area contributed by atoms with E-state index in [0.717, 1.165) is 33.9 Å². The Morgan fingerprint density at radius 3 is 2.38 bits per heavy atom. The minimum Gasteiger partial charge on any atom is -0.609 e. The second-order valence-electron chi connectivity index (χ2n) is 10.6. The van der Waals surface area contributed by atoms with Gasteiger partial charge in [-0.05, 0) is 71.0 Å². The van der Waals surface area contributed by atoms with E-state index < -0.39 is 21.2 Å². The summed E-state index contributed by atoms with van der Waals surface area (Å²) >= 11 is -1.28. The zero-order chi connectivity index (χ0) is 29.4. The Kier molecular flexibility index (Phi) is 8.11. The molecule has 210 valence electrons. The molecule has 11 heteroatoms. The predicted octanol–water partition coefficient (Wildman–Crippen LogP) is 5.27. The summed E-state index contributed by atoms with van der Waals surface area (Å²) in [7, 11) is -2.18. The number of carbonyl (C=O) groups excluding carboxylic acids is 1. The summed E-state index contributed by atoms with van der Waals surface area (Å²) in [6, 6.07) is 14.6. The van der Waals surface area contributed by atoms with Crippen molar-refractivity contribution in [1.29, 1.82) is 0 Å². The third kappa shape index (κ3) is 6.55. The molecule has 1 amide bonds. The monoisotopic (exact) mass is 580 g/mol. The number of methoxy groups -OCH3 is 1. The van der Waals surface area contributed by atoms with Gasteiger partial charge in [0.15, 0.2) is 5.75 Å². The van der Waals surface area contributed by atoms with Crippen molar-refractivity contribution >= 4 is 49.4 Å². The second-order valence-corrected chi connectivity index (χ2v) is 13.6. The molecule has 0 aliphatic carbocycles. The second kappa shape index (κ2) is 11.1. The van der Waals surface area contributed by atoms with Crippen LogP contribution < -0.4 is 14.8 Å². The summed E-state index contributed by atoms with van der Waals surface area (Å²) < 4.78 is 43.9. The number of nitrogens with one attached hydrogen (secondary N) is 2. The zero-order valence-corrected chi connectivity index (χ0v) is 25.1. The average Bonchev–Trinajstić information content (AvgIpc) is 2.86. The first-order valence-corrected chi connectivity index (χ1v) is 15.8. The lowest BCUT2D eigenvalue weighted by atomic mass is 9.86. The Morgan fingerprint density at radius 2 is 1.75 bits per heavy atom. The number of aromatic nitrogens is 2. The van der Waals surface area contributed by atoms with Gasteiger partial charge >= 0.3 is 5.16 Å². The lowest BCUT2D eigenvalue weighted by Gasteiger charge is -2.24. The Morgan fingerprint density at radius 1 is 1.05 bits per heavy atom. The van der Waals surface area contributed by atoms with E-state index >= 15 is 0 Å². The van der Waals surface area contributed by atoms with Crippen molar-refractivity contribution in [3.8, 4) is 16.9 Å². The third-order valence-electron chi connectivity index (χ3n) is 6.33. The van der Waals surface area contributed by atoms with Crippen LogP contribution in [0.15, 0.2) is 59.9 Å². The first-order valence-electron chi connectivity index (χ1n) is 12.4. The van der Waals surface area contributed by atoms with Crippen LogP contribution in [0.1, 0.15) is 42.3 Å². The van der Waals surface area contributed by atoms with Crippen molar-refractivity contribution in [2.45, 2.75) is 38.3 Å². The third-order valence-corrected chi connectivity index (χ3v) is 7.63. The van der Waals surface area contributed by atoms with E-state index in [1.807, 2.05) is 52.0 Å². The molecule has 0 saturated carbocycles. The van der Waals surface area contributed by atoms with Crippen molar-refractivity contribution < 1.29 is 22.5 Å². The molecule has 0 saturated heterocycles. The molecular weight excluding hydrogens is 548 g/mol. The molecule has 0 spiro atoms. The van der Waals surface area contributed by atoms with Gasteiger partial charge in [0.1, 0.15) is 6.26 Å². The number of sulfonamides is 1. The fourth-order valence-electron chi connectivity index (χ4n) is 4.24. The summed E-state index contributed by atoms with van der Waals surface area (Å²) in [5.74, 6) is -0.170. The lowest BCUT2D eigenvalue weighted by Crippen LogP contribution is -2.18. The largest absolute Gasteiger partial charge is 0.609 e. The Labute approximate surface area is 237 Å². The highest BCUT2D eigenvalue weighted by Gasteiger charge is 2.23. The van der Waals surface area contributed by atoms with E-state index in [4.69, 9.17) is 4.74 Å². The molecule has 3 aromatic carbocycles. The van der Waals surface area contributed by atoms with Crippen molar-refractivity contribution in [3.05, 3.63) is 71.4 Å². The first kappa shape index (κ1) is 29.3. The molecule has 1 atom stereocenters. The number of hydrogen-bond donors (Lipinski definition) is 2. The number of carbonyl (C=O) groups is 1. The molecule has 0 radical (unpaired) electrons. The van der Waals surface area contributed by atoms with Gasteiger partial charge in [-0.3, -0.25) is 9.52 Å². The fourth-order valence-corrected chi connectivity index (χ4v) is 5.22. The normalized spacial score (nSPS) is 12.7. The number of amides is 1. The van der Waals surface area contributed by atoms with Crippen molar-refractivity contribution in [3.63, 3.8) is 0 Å². The quantitative estimate of drug-likeness (QED) is 0.225. The summed E-state index contributed by atoms with van der Waals surface area (Å²) in [4.78, 5) is 22.1. The number of aryl methyl sites for hydroxylation is 1. The molecule has 9 nitrogen and oxygen atoms in total. The summed E-state index contributed by atoms with van der Waals surface area (Å²) in [6.45, 7) is 7.94. The highest BCUT2D eigenvalue weighted by Crippen LogP contribution is 2.39. The lowest BCUT2D eigenvalue weighted by molar-refractivity contribution is 0.102. The maximum atomic E-state index is 13.5.